The Morgan fingerprint density at radius 2 is 1.88 bits per heavy atom. The Morgan fingerprint density at radius 1 is 1.12 bits per heavy atom. The highest BCUT2D eigenvalue weighted by Gasteiger charge is 2.08. The van der Waals surface area contributed by atoms with Crippen molar-refractivity contribution < 1.29 is 9.18 Å². The predicted molar refractivity (Wildman–Crippen MR) is 88.1 cm³/mol. The summed E-state index contributed by atoms with van der Waals surface area (Å²) < 4.78 is 14.7. The van der Waals surface area contributed by atoms with Crippen LogP contribution in [0.3, 0.4) is 0 Å². The first-order valence-electron chi connectivity index (χ1n) is 7.52. The number of carbonyl (C=O) groups excluding carboxylic acids is 1. The van der Waals surface area contributed by atoms with Crippen LogP contribution in [0.25, 0.3) is 10.9 Å². The number of amides is 1. The molecule has 0 aliphatic carbocycles. The van der Waals surface area contributed by atoms with Crippen molar-refractivity contribution in [1.29, 1.82) is 0 Å². The molecule has 1 N–H and O–H groups in total. The highest BCUT2D eigenvalue weighted by atomic mass is 19.1. The van der Waals surface area contributed by atoms with E-state index >= 15 is 0 Å². The number of benzene rings is 2. The molecule has 3 aromatic rings. The van der Waals surface area contributed by atoms with Crippen LogP contribution in [0.15, 0.2) is 53.3 Å². The monoisotopic (exact) mass is 326 g/mol. The normalized spacial score (nSPS) is 10.7. The Hall–Kier alpha value is -3.09. The molecule has 0 saturated heterocycles. The van der Waals surface area contributed by atoms with Crippen LogP contribution in [0.5, 0.6) is 0 Å². The van der Waals surface area contributed by atoms with Gasteiger partial charge in [-0.25, -0.2) is 9.07 Å². The fourth-order valence-corrected chi connectivity index (χ4v) is 2.33. The van der Waals surface area contributed by atoms with Gasteiger partial charge in [0.05, 0.1) is 11.1 Å². The summed E-state index contributed by atoms with van der Waals surface area (Å²) in [5, 5.41) is 10.8. The maximum absolute atomic E-state index is 13.5. The van der Waals surface area contributed by atoms with Crippen molar-refractivity contribution >= 4 is 22.5 Å². The molecule has 0 unspecified atom stereocenters. The van der Waals surface area contributed by atoms with Gasteiger partial charge in [-0.1, -0.05) is 29.5 Å². The second kappa shape index (κ2) is 6.99. The summed E-state index contributed by atoms with van der Waals surface area (Å²) in [6.07, 6.45) is 0.544. The molecule has 0 aliphatic rings. The molecule has 1 amide bonds. The summed E-state index contributed by atoms with van der Waals surface area (Å²) in [4.78, 5) is 24.1. The van der Waals surface area contributed by atoms with Gasteiger partial charge in [0, 0.05) is 13.0 Å². The van der Waals surface area contributed by atoms with Crippen molar-refractivity contribution in [2.24, 2.45) is 0 Å². The maximum Gasteiger partial charge on any atom is 0.277 e. The van der Waals surface area contributed by atoms with E-state index in [0.717, 1.165) is 0 Å². The lowest BCUT2D eigenvalue weighted by Crippen LogP contribution is -2.25. The smallest absolute Gasteiger partial charge is 0.277 e. The summed E-state index contributed by atoms with van der Waals surface area (Å²) in [6, 6.07) is 12.9. The van der Waals surface area contributed by atoms with Crippen molar-refractivity contribution in [3.05, 3.63) is 64.7 Å². The van der Waals surface area contributed by atoms with Crippen LogP contribution in [0, 0.1) is 5.82 Å². The number of carbonyl (C=O) groups is 1. The summed E-state index contributed by atoms with van der Waals surface area (Å²) >= 11 is 0. The molecule has 24 heavy (non-hydrogen) atoms. The molecule has 1 aromatic heterocycles. The summed E-state index contributed by atoms with van der Waals surface area (Å²) in [7, 11) is 0. The van der Waals surface area contributed by atoms with Gasteiger partial charge in [0.2, 0.25) is 5.91 Å². The Balaban J connectivity index is 1.60. The average molecular weight is 326 g/mol. The van der Waals surface area contributed by atoms with Gasteiger partial charge in [0.1, 0.15) is 11.3 Å². The van der Waals surface area contributed by atoms with Gasteiger partial charge in [-0.15, -0.1) is 5.10 Å². The average Bonchev–Trinajstić information content (AvgIpc) is 2.59. The van der Waals surface area contributed by atoms with Gasteiger partial charge in [-0.05, 0) is 30.7 Å². The molecule has 1 heterocycles. The Labute approximate surface area is 136 Å². The molecule has 0 saturated carbocycles. The van der Waals surface area contributed by atoms with E-state index in [-0.39, 0.29) is 30.1 Å². The number of hydrogen-bond acceptors (Lipinski definition) is 4. The number of nitrogens with zero attached hydrogens (tertiary/aromatic N) is 3. The fourth-order valence-electron chi connectivity index (χ4n) is 2.33. The number of nitrogens with one attached hydrogen (secondary N) is 1. The molecular weight excluding hydrogens is 311 g/mol. The van der Waals surface area contributed by atoms with E-state index in [1.807, 2.05) is 0 Å². The summed E-state index contributed by atoms with van der Waals surface area (Å²) in [5.41, 5.74) is 0.441. The molecule has 0 atom stereocenters. The maximum atomic E-state index is 13.5. The molecule has 7 heteroatoms. The second-order valence-corrected chi connectivity index (χ2v) is 5.27. The number of anilines is 1. The minimum Gasteiger partial charge on any atom is -0.324 e. The molecule has 0 spiro atoms. The van der Waals surface area contributed by atoms with Crippen LogP contribution >= 0.6 is 0 Å². The summed E-state index contributed by atoms with van der Waals surface area (Å²) in [5.74, 6) is -0.802. The van der Waals surface area contributed by atoms with Crippen LogP contribution in [0.4, 0.5) is 10.1 Å². The number of aryl methyl sites for hydroxylation is 1. The minimum atomic E-state index is -0.484. The lowest BCUT2D eigenvalue weighted by atomic mass is 10.2. The zero-order chi connectivity index (χ0) is 16.9. The molecule has 3 rings (SSSR count). The van der Waals surface area contributed by atoms with Crippen molar-refractivity contribution in [3.63, 3.8) is 0 Å². The summed E-state index contributed by atoms with van der Waals surface area (Å²) in [6.45, 7) is 0.265. The molecule has 0 bridgehead atoms. The predicted octanol–water partition coefficient (Wildman–Crippen LogP) is 2.35. The minimum absolute atomic E-state index is 0.144. The van der Waals surface area contributed by atoms with E-state index in [4.69, 9.17) is 0 Å². The standard InChI is InChI=1S/C17H15FN4O2/c18-13-7-2-4-9-15(13)19-16(23)10-5-11-22-17(24)12-6-1-3-8-14(12)20-21-22/h1-4,6-9H,5,10-11H2,(H,19,23). The number of aromatic nitrogens is 3. The number of fused-ring (bicyclic) bond motifs is 1. The van der Waals surface area contributed by atoms with E-state index in [9.17, 15) is 14.0 Å². The molecular formula is C17H15FN4O2. The van der Waals surface area contributed by atoms with Gasteiger partial charge in [0.25, 0.3) is 5.56 Å². The number of halogens is 1. The zero-order valence-electron chi connectivity index (χ0n) is 12.8. The Kier molecular flexibility index (Phi) is 4.60. The zero-order valence-corrected chi connectivity index (χ0v) is 12.8. The van der Waals surface area contributed by atoms with Gasteiger partial charge in [-0.3, -0.25) is 9.59 Å². The van der Waals surface area contributed by atoms with Gasteiger partial charge in [0.15, 0.2) is 0 Å². The van der Waals surface area contributed by atoms with E-state index < -0.39 is 5.82 Å². The SMILES string of the molecule is O=C(CCCn1nnc2ccccc2c1=O)Nc1ccccc1F. The molecule has 0 radical (unpaired) electrons. The number of para-hydroxylation sites is 1. The van der Waals surface area contributed by atoms with Crippen LogP contribution in [-0.4, -0.2) is 20.9 Å². The van der Waals surface area contributed by atoms with Crippen LogP contribution in [-0.2, 0) is 11.3 Å². The lowest BCUT2D eigenvalue weighted by molar-refractivity contribution is -0.116. The Morgan fingerprint density at radius 3 is 2.71 bits per heavy atom. The molecule has 0 aliphatic heterocycles. The first-order valence-corrected chi connectivity index (χ1v) is 7.52. The van der Waals surface area contributed by atoms with E-state index in [2.05, 4.69) is 15.6 Å². The topological polar surface area (TPSA) is 76.9 Å². The van der Waals surface area contributed by atoms with Crippen molar-refractivity contribution in [2.45, 2.75) is 19.4 Å². The van der Waals surface area contributed by atoms with E-state index in [1.165, 1.54) is 16.8 Å². The van der Waals surface area contributed by atoms with Gasteiger partial charge < -0.3 is 5.32 Å². The van der Waals surface area contributed by atoms with Crippen LogP contribution in [0.1, 0.15) is 12.8 Å². The van der Waals surface area contributed by atoms with Crippen molar-refractivity contribution in [2.75, 3.05) is 5.32 Å². The first kappa shape index (κ1) is 15.8. The van der Waals surface area contributed by atoms with Crippen molar-refractivity contribution in [1.82, 2.24) is 15.0 Å². The third kappa shape index (κ3) is 3.45. The molecule has 122 valence electrons. The van der Waals surface area contributed by atoms with E-state index in [0.29, 0.717) is 17.3 Å². The van der Waals surface area contributed by atoms with Gasteiger partial charge >= 0.3 is 0 Å². The van der Waals surface area contributed by atoms with E-state index in [1.54, 1.807) is 36.4 Å². The first-order chi connectivity index (χ1) is 11.6. The second-order valence-electron chi connectivity index (χ2n) is 5.27. The lowest BCUT2D eigenvalue weighted by Gasteiger charge is -2.07. The van der Waals surface area contributed by atoms with Crippen LogP contribution in [0.2, 0.25) is 0 Å². The van der Waals surface area contributed by atoms with Crippen molar-refractivity contribution in [3.8, 4) is 0 Å². The quantitative estimate of drug-likeness (QED) is 0.781. The largest absolute Gasteiger partial charge is 0.324 e. The molecule has 0 fully saturated rings. The third-order valence-corrected chi connectivity index (χ3v) is 3.55. The van der Waals surface area contributed by atoms with Gasteiger partial charge in [-0.2, -0.15) is 0 Å². The third-order valence-electron chi connectivity index (χ3n) is 3.55. The van der Waals surface area contributed by atoms with Crippen LogP contribution < -0.4 is 10.9 Å². The highest BCUT2D eigenvalue weighted by Crippen LogP contribution is 2.13. The Bertz CT molecular complexity index is 939. The highest BCUT2D eigenvalue weighted by molar-refractivity contribution is 5.90. The number of hydrogen-bond donors (Lipinski definition) is 1. The molecule has 6 nitrogen and oxygen atoms in total. The molecule has 2 aromatic carbocycles. The number of rotatable bonds is 5. The fraction of sp³-hybridized carbons (Fsp3) is 0.176.